The van der Waals surface area contributed by atoms with Crippen LogP contribution < -0.4 is 11.1 Å². The van der Waals surface area contributed by atoms with Crippen molar-refractivity contribution >= 4 is 12.0 Å². The fraction of sp³-hybridized carbons (Fsp3) is 0.833. The molecule has 4 fully saturated rings. The minimum atomic E-state index is 0.150. The minimum absolute atomic E-state index is 0.150. The van der Waals surface area contributed by atoms with E-state index in [2.05, 4.69) is 15.5 Å². The van der Waals surface area contributed by atoms with Crippen LogP contribution in [0.4, 0.5) is 12.0 Å². The lowest BCUT2D eigenvalue weighted by Gasteiger charge is -2.56. The normalized spacial score (nSPS) is 42.9. The molecule has 17 heavy (non-hydrogen) atoms. The van der Waals surface area contributed by atoms with Crippen LogP contribution in [0, 0.1) is 17.8 Å². The zero-order chi connectivity index (χ0) is 11.5. The Labute approximate surface area is 100 Å². The van der Waals surface area contributed by atoms with Crippen LogP contribution in [0.25, 0.3) is 0 Å². The van der Waals surface area contributed by atoms with Gasteiger partial charge in [-0.3, -0.25) is 0 Å². The summed E-state index contributed by atoms with van der Waals surface area (Å²) in [7, 11) is 0. The fourth-order valence-electron chi connectivity index (χ4n) is 4.78. The van der Waals surface area contributed by atoms with Crippen molar-refractivity contribution in [3.05, 3.63) is 0 Å². The van der Waals surface area contributed by atoms with Gasteiger partial charge in [0, 0.05) is 5.54 Å². The molecule has 0 aromatic carbocycles. The van der Waals surface area contributed by atoms with Crippen molar-refractivity contribution in [2.24, 2.45) is 17.8 Å². The summed E-state index contributed by atoms with van der Waals surface area (Å²) >= 11 is 0. The summed E-state index contributed by atoms with van der Waals surface area (Å²) in [6.07, 6.45) is 8.11. The lowest BCUT2D eigenvalue weighted by atomic mass is 9.53. The van der Waals surface area contributed by atoms with E-state index in [0.717, 1.165) is 17.8 Å². The maximum atomic E-state index is 5.47. The van der Waals surface area contributed by atoms with Crippen molar-refractivity contribution in [2.45, 2.75) is 44.1 Å². The summed E-state index contributed by atoms with van der Waals surface area (Å²) in [6, 6.07) is 0.654. The zero-order valence-corrected chi connectivity index (χ0v) is 9.85. The first-order chi connectivity index (χ1) is 8.21. The Kier molecular flexibility index (Phi) is 1.80. The van der Waals surface area contributed by atoms with Crippen molar-refractivity contribution in [3.63, 3.8) is 0 Å². The number of nitrogen functional groups attached to an aromatic ring is 1. The van der Waals surface area contributed by atoms with Gasteiger partial charge in [-0.2, -0.15) is 0 Å². The average molecular weight is 234 g/mol. The van der Waals surface area contributed by atoms with E-state index in [4.69, 9.17) is 10.2 Å². The topological polar surface area (TPSA) is 77.0 Å². The molecular weight excluding hydrogens is 216 g/mol. The molecule has 3 N–H and O–H groups in total. The SMILES string of the molecule is Nc1nnc(NC23CC4CC(CC(C4)C2)C3)o1. The molecule has 0 unspecified atom stereocenters. The molecule has 92 valence electrons. The molecule has 0 saturated heterocycles. The third kappa shape index (κ3) is 1.51. The Morgan fingerprint density at radius 1 is 1.06 bits per heavy atom. The molecule has 4 aliphatic carbocycles. The summed E-state index contributed by atoms with van der Waals surface area (Å²) in [4.78, 5) is 0. The van der Waals surface area contributed by atoms with Crippen molar-refractivity contribution in [3.8, 4) is 0 Å². The van der Waals surface area contributed by atoms with Gasteiger partial charge in [-0.05, 0) is 56.3 Å². The monoisotopic (exact) mass is 234 g/mol. The van der Waals surface area contributed by atoms with Crippen molar-refractivity contribution in [1.29, 1.82) is 0 Å². The molecule has 4 aliphatic rings. The molecule has 5 heteroatoms. The smallest absolute Gasteiger partial charge is 0.317 e. The van der Waals surface area contributed by atoms with Gasteiger partial charge in [-0.15, -0.1) is 0 Å². The molecule has 0 atom stereocenters. The number of anilines is 2. The fourth-order valence-corrected chi connectivity index (χ4v) is 4.78. The highest BCUT2D eigenvalue weighted by Gasteiger charge is 2.51. The summed E-state index contributed by atoms with van der Waals surface area (Å²) < 4.78 is 5.27. The Morgan fingerprint density at radius 3 is 2.12 bits per heavy atom. The van der Waals surface area contributed by atoms with Crippen molar-refractivity contribution < 1.29 is 4.42 Å². The molecule has 5 nitrogen and oxygen atoms in total. The van der Waals surface area contributed by atoms with Crippen molar-refractivity contribution in [1.82, 2.24) is 10.2 Å². The number of hydrogen-bond acceptors (Lipinski definition) is 5. The van der Waals surface area contributed by atoms with Crippen LogP contribution in [0.2, 0.25) is 0 Å². The molecule has 4 bridgehead atoms. The average Bonchev–Trinajstić information content (AvgIpc) is 2.60. The van der Waals surface area contributed by atoms with E-state index in [0.29, 0.717) is 6.01 Å². The molecule has 1 aromatic rings. The highest BCUT2D eigenvalue weighted by atomic mass is 16.4. The number of rotatable bonds is 2. The Balaban J connectivity index is 1.60. The van der Waals surface area contributed by atoms with E-state index in [1.165, 1.54) is 38.5 Å². The van der Waals surface area contributed by atoms with Gasteiger partial charge in [0.05, 0.1) is 0 Å². The predicted molar refractivity (Wildman–Crippen MR) is 63.2 cm³/mol. The van der Waals surface area contributed by atoms with Crippen LogP contribution in [0.5, 0.6) is 0 Å². The van der Waals surface area contributed by atoms with Crippen molar-refractivity contribution in [2.75, 3.05) is 11.1 Å². The molecular formula is C12H18N4O. The van der Waals surface area contributed by atoms with Crippen LogP contribution in [0.1, 0.15) is 38.5 Å². The van der Waals surface area contributed by atoms with Gasteiger partial charge in [0.25, 0.3) is 0 Å². The van der Waals surface area contributed by atoms with Gasteiger partial charge in [-0.1, -0.05) is 10.2 Å². The lowest BCUT2D eigenvalue weighted by molar-refractivity contribution is 0.00965. The van der Waals surface area contributed by atoms with E-state index in [9.17, 15) is 0 Å². The summed E-state index contributed by atoms with van der Waals surface area (Å²) in [5.74, 6) is 2.73. The third-order valence-electron chi connectivity index (χ3n) is 4.85. The highest BCUT2D eigenvalue weighted by Crippen LogP contribution is 2.56. The van der Waals surface area contributed by atoms with Crippen LogP contribution in [0.3, 0.4) is 0 Å². The van der Waals surface area contributed by atoms with E-state index in [1.54, 1.807) is 0 Å². The highest BCUT2D eigenvalue weighted by molar-refractivity contribution is 5.30. The molecule has 4 saturated carbocycles. The second-order valence-electron chi connectivity index (χ2n) is 6.27. The Morgan fingerprint density at radius 2 is 1.65 bits per heavy atom. The molecule has 0 spiro atoms. The van der Waals surface area contributed by atoms with Gasteiger partial charge < -0.3 is 15.5 Å². The first kappa shape index (κ1) is 9.74. The van der Waals surface area contributed by atoms with Gasteiger partial charge in [0.2, 0.25) is 0 Å². The summed E-state index contributed by atoms with van der Waals surface area (Å²) in [5, 5.41) is 11.1. The molecule has 1 aromatic heterocycles. The van der Waals surface area contributed by atoms with E-state index in [1.807, 2.05) is 0 Å². The third-order valence-corrected chi connectivity index (χ3v) is 4.85. The van der Waals surface area contributed by atoms with Crippen LogP contribution in [0.15, 0.2) is 4.42 Å². The van der Waals surface area contributed by atoms with Gasteiger partial charge in [0.1, 0.15) is 0 Å². The maximum absolute atomic E-state index is 5.47. The minimum Gasteiger partial charge on any atom is -0.390 e. The number of hydrogen-bond donors (Lipinski definition) is 2. The predicted octanol–water partition coefficient (Wildman–Crippen LogP) is 2.03. The summed E-state index contributed by atoms with van der Waals surface area (Å²) in [5.41, 5.74) is 5.68. The second kappa shape index (κ2) is 3.15. The number of aromatic nitrogens is 2. The van der Waals surface area contributed by atoms with Gasteiger partial charge >= 0.3 is 12.0 Å². The zero-order valence-electron chi connectivity index (χ0n) is 9.85. The van der Waals surface area contributed by atoms with Gasteiger partial charge in [-0.25, -0.2) is 0 Å². The first-order valence-corrected chi connectivity index (χ1v) is 6.58. The number of nitrogens with one attached hydrogen (secondary N) is 1. The van der Waals surface area contributed by atoms with Crippen LogP contribution in [-0.4, -0.2) is 15.7 Å². The largest absolute Gasteiger partial charge is 0.390 e. The molecule has 5 rings (SSSR count). The van der Waals surface area contributed by atoms with Crippen LogP contribution >= 0.6 is 0 Å². The lowest BCUT2D eigenvalue weighted by Crippen LogP contribution is -2.54. The Bertz CT molecular complexity index is 406. The van der Waals surface area contributed by atoms with E-state index < -0.39 is 0 Å². The Hall–Kier alpha value is -1.26. The van der Waals surface area contributed by atoms with E-state index >= 15 is 0 Å². The standard InChI is InChI=1S/C12H18N4O/c13-10-15-16-11(17-10)14-12-4-7-1-8(5-12)3-9(2-7)6-12/h7-9H,1-6H2,(H2,13,15)(H,14,16). The number of nitrogens with zero attached hydrogens (tertiary/aromatic N) is 2. The molecule has 1 heterocycles. The first-order valence-electron chi connectivity index (χ1n) is 6.58. The number of nitrogens with two attached hydrogens (primary N) is 1. The molecule has 0 amide bonds. The van der Waals surface area contributed by atoms with E-state index in [-0.39, 0.29) is 11.6 Å². The maximum Gasteiger partial charge on any atom is 0.317 e. The molecule has 0 aliphatic heterocycles. The van der Waals surface area contributed by atoms with Gasteiger partial charge in [0.15, 0.2) is 0 Å². The second-order valence-corrected chi connectivity index (χ2v) is 6.27. The molecule has 0 radical (unpaired) electrons. The summed E-state index contributed by atoms with van der Waals surface area (Å²) in [6.45, 7) is 0. The quantitative estimate of drug-likeness (QED) is 0.818. The van der Waals surface area contributed by atoms with Crippen LogP contribution in [-0.2, 0) is 0 Å².